The molecule has 64 valence electrons. The highest BCUT2D eigenvalue weighted by Gasteiger charge is 2.04. The molecular formula is C7H14N2O2. The van der Waals surface area contributed by atoms with Gasteiger partial charge in [0.15, 0.2) is 0 Å². The zero-order chi connectivity index (χ0) is 8.69. The maximum atomic E-state index is 10.0. The Balaban J connectivity index is 3.36. The Morgan fingerprint density at radius 3 is 2.27 bits per heavy atom. The largest absolute Gasteiger partial charge is 0.327 e. The summed E-state index contributed by atoms with van der Waals surface area (Å²) >= 11 is 0. The van der Waals surface area contributed by atoms with Crippen molar-refractivity contribution < 1.29 is 9.59 Å². The molecule has 0 aliphatic heterocycles. The molecule has 0 bridgehead atoms. The Hall–Kier alpha value is -0.740. The van der Waals surface area contributed by atoms with Crippen LogP contribution in [0.15, 0.2) is 0 Å². The highest BCUT2D eigenvalue weighted by molar-refractivity contribution is 5.56. The van der Waals surface area contributed by atoms with Crippen LogP contribution >= 0.6 is 0 Å². The maximum absolute atomic E-state index is 10.0. The van der Waals surface area contributed by atoms with Crippen molar-refractivity contribution in [3.8, 4) is 0 Å². The van der Waals surface area contributed by atoms with Gasteiger partial charge in [0.1, 0.15) is 12.6 Å². The van der Waals surface area contributed by atoms with Crippen LogP contribution in [0.3, 0.4) is 0 Å². The zero-order valence-electron chi connectivity index (χ0n) is 6.40. The van der Waals surface area contributed by atoms with Crippen LogP contribution in [0.2, 0.25) is 0 Å². The maximum Gasteiger partial charge on any atom is 0.136 e. The second-order valence-corrected chi connectivity index (χ2v) is 2.54. The number of aldehydes is 2. The molecule has 4 heteroatoms. The fourth-order valence-corrected chi connectivity index (χ4v) is 0.716. The van der Waals surface area contributed by atoms with E-state index in [2.05, 4.69) is 0 Å². The lowest BCUT2D eigenvalue weighted by atomic mass is 10.1. The fraction of sp³-hybridized carbons (Fsp3) is 0.714. The lowest BCUT2D eigenvalue weighted by Crippen LogP contribution is -2.27. The molecule has 0 saturated carbocycles. The van der Waals surface area contributed by atoms with E-state index < -0.39 is 6.04 Å². The molecule has 0 saturated heterocycles. The van der Waals surface area contributed by atoms with Gasteiger partial charge < -0.3 is 21.1 Å². The quantitative estimate of drug-likeness (QED) is 0.496. The molecule has 0 radical (unpaired) electrons. The van der Waals surface area contributed by atoms with Crippen LogP contribution < -0.4 is 11.5 Å². The Morgan fingerprint density at radius 1 is 1.18 bits per heavy atom. The third-order valence-corrected chi connectivity index (χ3v) is 1.44. The van der Waals surface area contributed by atoms with Gasteiger partial charge in [-0.25, -0.2) is 0 Å². The van der Waals surface area contributed by atoms with E-state index >= 15 is 0 Å². The first-order valence-electron chi connectivity index (χ1n) is 3.60. The van der Waals surface area contributed by atoms with Gasteiger partial charge in [0, 0.05) is 12.5 Å². The number of carbonyl (C=O) groups is 2. The highest BCUT2D eigenvalue weighted by Crippen LogP contribution is 1.98. The molecule has 0 aliphatic rings. The van der Waals surface area contributed by atoms with Gasteiger partial charge in [-0.15, -0.1) is 0 Å². The molecule has 0 aliphatic carbocycles. The molecule has 2 unspecified atom stereocenters. The second-order valence-electron chi connectivity index (χ2n) is 2.54. The molecular weight excluding hydrogens is 144 g/mol. The molecule has 4 nitrogen and oxygen atoms in total. The summed E-state index contributed by atoms with van der Waals surface area (Å²) in [5.74, 6) is 0. The topological polar surface area (TPSA) is 86.2 Å². The van der Waals surface area contributed by atoms with Crippen LogP contribution in [0.4, 0.5) is 0 Å². The average Bonchev–Trinajstić information content (AvgIpc) is 2.01. The average molecular weight is 158 g/mol. The van der Waals surface area contributed by atoms with Crippen molar-refractivity contribution in [2.75, 3.05) is 0 Å². The van der Waals surface area contributed by atoms with Crippen LogP contribution in [0, 0.1) is 0 Å². The first-order chi connectivity index (χ1) is 5.20. The molecule has 0 amide bonds. The van der Waals surface area contributed by atoms with Gasteiger partial charge in [-0.2, -0.15) is 0 Å². The van der Waals surface area contributed by atoms with Crippen molar-refractivity contribution >= 4 is 12.6 Å². The third kappa shape index (κ3) is 5.69. The normalized spacial score (nSPS) is 15.5. The lowest BCUT2D eigenvalue weighted by Gasteiger charge is -2.08. The summed E-state index contributed by atoms with van der Waals surface area (Å²) in [6.45, 7) is 0. The smallest absolute Gasteiger partial charge is 0.136 e. The minimum absolute atomic E-state index is 0.154. The zero-order valence-corrected chi connectivity index (χ0v) is 6.40. The molecule has 0 heterocycles. The van der Waals surface area contributed by atoms with Crippen molar-refractivity contribution in [2.24, 2.45) is 11.5 Å². The SMILES string of the molecule is NC(C=O)CCC(N)CC=O. The number of rotatable bonds is 6. The Labute approximate surface area is 65.9 Å². The third-order valence-electron chi connectivity index (χ3n) is 1.44. The first kappa shape index (κ1) is 10.3. The molecule has 0 fully saturated rings. The van der Waals surface area contributed by atoms with E-state index in [9.17, 15) is 9.59 Å². The molecule has 0 aromatic heterocycles. The highest BCUT2D eigenvalue weighted by atomic mass is 16.1. The minimum Gasteiger partial charge on any atom is -0.327 e. The van der Waals surface area contributed by atoms with Gasteiger partial charge in [-0.3, -0.25) is 0 Å². The number of carbonyl (C=O) groups excluding carboxylic acids is 2. The van der Waals surface area contributed by atoms with Gasteiger partial charge in [-0.1, -0.05) is 0 Å². The van der Waals surface area contributed by atoms with Gasteiger partial charge in [0.05, 0.1) is 6.04 Å². The molecule has 2 atom stereocenters. The van der Waals surface area contributed by atoms with E-state index in [0.29, 0.717) is 25.5 Å². The molecule has 0 aromatic rings. The van der Waals surface area contributed by atoms with Gasteiger partial charge >= 0.3 is 0 Å². The number of hydrogen-bond donors (Lipinski definition) is 2. The minimum atomic E-state index is -0.437. The van der Waals surface area contributed by atoms with Gasteiger partial charge in [-0.05, 0) is 12.8 Å². The van der Waals surface area contributed by atoms with E-state index in [1.54, 1.807) is 0 Å². The van der Waals surface area contributed by atoms with E-state index in [1.807, 2.05) is 0 Å². The summed E-state index contributed by atoms with van der Waals surface area (Å²) in [6, 6.07) is -0.591. The van der Waals surface area contributed by atoms with E-state index in [-0.39, 0.29) is 6.04 Å². The van der Waals surface area contributed by atoms with Crippen molar-refractivity contribution in [2.45, 2.75) is 31.3 Å². The van der Waals surface area contributed by atoms with E-state index in [4.69, 9.17) is 11.5 Å². The van der Waals surface area contributed by atoms with Crippen LogP contribution in [-0.4, -0.2) is 24.7 Å². The summed E-state index contributed by atoms with van der Waals surface area (Å²) in [5.41, 5.74) is 10.8. The van der Waals surface area contributed by atoms with Crippen LogP contribution in [0.5, 0.6) is 0 Å². The number of nitrogens with two attached hydrogens (primary N) is 2. The summed E-state index contributed by atoms with van der Waals surface area (Å²) in [7, 11) is 0. The van der Waals surface area contributed by atoms with Gasteiger partial charge in [0.2, 0.25) is 0 Å². The Bertz CT molecular complexity index is 128. The summed E-state index contributed by atoms with van der Waals surface area (Å²) in [6.07, 6.45) is 2.98. The standard InChI is InChI=1S/C7H14N2O2/c8-6(3-4-10)1-2-7(9)5-11/h4-7H,1-3,8-9H2. The summed E-state index contributed by atoms with van der Waals surface area (Å²) in [5, 5.41) is 0. The van der Waals surface area contributed by atoms with Crippen molar-refractivity contribution in [1.82, 2.24) is 0 Å². The van der Waals surface area contributed by atoms with E-state index in [0.717, 1.165) is 6.29 Å². The van der Waals surface area contributed by atoms with Crippen LogP contribution in [-0.2, 0) is 9.59 Å². The predicted octanol–water partition coefficient (Wildman–Crippen LogP) is -0.791. The monoisotopic (exact) mass is 158 g/mol. The molecule has 4 N–H and O–H groups in total. The summed E-state index contributed by atoms with van der Waals surface area (Å²) in [4.78, 5) is 20.0. The van der Waals surface area contributed by atoms with E-state index in [1.165, 1.54) is 0 Å². The van der Waals surface area contributed by atoms with Crippen LogP contribution in [0.1, 0.15) is 19.3 Å². The Kier molecular flexibility index (Phi) is 5.60. The predicted molar refractivity (Wildman–Crippen MR) is 41.9 cm³/mol. The van der Waals surface area contributed by atoms with Crippen molar-refractivity contribution in [1.29, 1.82) is 0 Å². The fourth-order valence-electron chi connectivity index (χ4n) is 0.716. The molecule has 0 rings (SSSR count). The number of hydrogen-bond acceptors (Lipinski definition) is 4. The molecule has 0 spiro atoms. The summed E-state index contributed by atoms with van der Waals surface area (Å²) < 4.78 is 0. The lowest BCUT2D eigenvalue weighted by molar-refractivity contribution is -0.109. The van der Waals surface area contributed by atoms with Crippen molar-refractivity contribution in [3.63, 3.8) is 0 Å². The Morgan fingerprint density at radius 2 is 1.82 bits per heavy atom. The van der Waals surface area contributed by atoms with Crippen molar-refractivity contribution in [3.05, 3.63) is 0 Å². The second kappa shape index (κ2) is 6.00. The molecule has 11 heavy (non-hydrogen) atoms. The van der Waals surface area contributed by atoms with Crippen LogP contribution in [0.25, 0.3) is 0 Å². The van der Waals surface area contributed by atoms with Gasteiger partial charge in [0.25, 0.3) is 0 Å². The molecule has 0 aromatic carbocycles. The first-order valence-corrected chi connectivity index (χ1v) is 3.60.